The number of fused-ring (bicyclic) bond motifs is 1. The molecule has 1 atom stereocenters. The molecule has 4 rings (SSSR count). The molecule has 1 spiro atoms. The van der Waals surface area contributed by atoms with E-state index in [4.69, 9.17) is 0 Å². The van der Waals surface area contributed by atoms with E-state index >= 15 is 0 Å². The average Bonchev–Trinajstić information content (AvgIpc) is 3.24. The van der Waals surface area contributed by atoms with E-state index in [2.05, 4.69) is 44.4 Å². The van der Waals surface area contributed by atoms with Crippen molar-refractivity contribution in [1.29, 1.82) is 5.26 Å². The van der Waals surface area contributed by atoms with Crippen LogP contribution in [0.4, 0.5) is 9.80 Å². The van der Waals surface area contributed by atoms with Gasteiger partial charge in [0.25, 0.3) is 5.91 Å². The molecule has 1 saturated carbocycles. The Balaban J connectivity index is 1.46. The van der Waals surface area contributed by atoms with Gasteiger partial charge in [-0.3, -0.25) is 14.5 Å². The van der Waals surface area contributed by atoms with Gasteiger partial charge < -0.3 is 10.6 Å². The van der Waals surface area contributed by atoms with Crippen LogP contribution in [0.3, 0.4) is 0 Å². The first-order valence-corrected chi connectivity index (χ1v) is 12.9. The van der Waals surface area contributed by atoms with Crippen LogP contribution in [0.25, 0.3) is 0 Å². The Morgan fingerprint density at radius 3 is 2.64 bits per heavy atom. The molecule has 3 aliphatic rings. The Morgan fingerprint density at radius 1 is 1.30 bits per heavy atom. The molecule has 1 aromatic rings. The average molecular weight is 471 g/mol. The number of thiophene rings is 1. The molecule has 2 heterocycles. The zero-order chi connectivity index (χ0) is 24.0. The first kappa shape index (κ1) is 23.7. The highest BCUT2D eigenvalue weighted by atomic mass is 32.1. The lowest BCUT2D eigenvalue weighted by molar-refractivity contribution is -0.135. The molecule has 2 fully saturated rings. The number of carbonyl (C=O) groups is 3. The minimum atomic E-state index is -0.856. The molecule has 4 amide bonds. The van der Waals surface area contributed by atoms with Crippen molar-refractivity contribution in [2.45, 2.75) is 84.6 Å². The maximum Gasteiger partial charge on any atom is 0.325 e. The number of nitrogens with one attached hydrogen (secondary N) is 2. The third kappa shape index (κ3) is 4.28. The SMILES string of the molecule is CCC(C)(C)[C@@H]1CCc2c(sc(NC(=O)CN3C(=O)NC4(CCC(C)CC4)C3=O)c2C#N)C1. The fourth-order valence-corrected chi connectivity index (χ4v) is 6.77. The van der Waals surface area contributed by atoms with Gasteiger partial charge >= 0.3 is 6.03 Å². The first-order valence-electron chi connectivity index (χ1n) is 12.1. The summed E-state index contributed by atoms with van der Waals surface area (Å²) in [5.41, 5.74) is 0.955. The van der Waals surface area contributed by atoms with E-state index in [9.17, 15) is 19.6 Å². The van der Waals surface area contributed by atoms with Crippen LogP contribution in [0.1, 0.15) is 82.2 Å². The number of carbonyl (C=O) groups excluding carboxylic acids is 3. The molecular formula is C25H34N4O3S. The summed E-state index contributed by atoms with van der Waals surface area (Å²) in [6.45, 7) is 8.62. The molecular weight excluding hydrogens is 436 g/mol. The molecule has 2 N–H and O–H groups in total. The minimum Gasteiger partial charge on any atom is -0.323 e. The van der Waals surface area contributed by atoms with Gasteiger partial charge in [-0.25, -0.2) is 4.79 Å². The number of imide groups is 1. The van der Waals surface area contributed by atoms with Crippen LogP contribution in [-0.2, 0) is 22.4 Å². The number of nitrogens with zero attached hydrogens (tertiary/aromatic N) is 2. The van der Waals surface area contributed by atoms with Crippen LogP contribution in [0, 0.1) is 28.6 Å². The zero-order valence-corrected chi connectivity index (χ0v) is 20.9. The van der Waals surface area contributed by atoms with Crippen LogP contribution in [-0.4, -0.2) is 34.8 Å². The van der Waals surface area contributed by atoms with Crippen molar-refractivity contribution in [3.05, 3.63) is 16.0 Å². The molecule has 1 saturated heterocycles. The number of urea groups is 1. The van der Waals surface area contributed by atoms with E-state index in [-0.39, 0.29) is 17.9 Å². The zero-order valence-electron chi connectivity index (χ0n) is 20.0. The van der Waals surface area contributed by atoms with Gasteiger partial charge in [0, 0.05) is 4.88 Å². The van der Waals surface area contributed by atoms with Crippen molar-refractivity contribution in [2.75, 3.05) is 11.9 Å². The third-order valence-corrected chi connectivity index (χ3v) is 9.49. The molecule has 2 aliphatic carbocycles. The van der Waals surface area contributed by atoms with Gasteiger partial charge in [-0.15, -0.1) is 11.3 Å². The molecule has 0 bridgehead atoms. The number of amides is 4. The number of nitriles is 1. The fraction of sp³-hybridized carbons (Fsp3) is 0.680. The van der Waals surface area contributed by atoms with Crippen molar-refractivity contribution < 1.29 is 14.4 Å². The summed E-state index contributed by atoms with van der Waals surface area (Å²) < 4.78 is 0. The second-order valence-corrected chi connectivity index (χ2v) is 11.8. The van der Waals surface area contributed by atoms with Crippen molar-refractivity contribution in [1.82, 2.24) is 10.2 Å². The van der Waals surface area contributed by atoms with Gasteiger partial charge in [0.05, 0.1) is 5.56 Å². The summed E-state index contributed by atoms with van der Waals surface area (Å²) in [6.07, 6.45) is 6.88. The van der Waals surface area contributed by atoms with E-state index in [0.29, 0.717) is 35.2 Å². The number of hydrogen-bond acceptors (Lipinski definition) is 5. The molecule has 0 radical (unpaired) electrons. The molecule has 1 aliphatic heterocycles. The van der Waals surface area contributed by atoms with E-state index in [1.807, 2.05) is 0 Å². The molecule has 178 valence electrons. The highest BCUT2D eigenvalue weighted by Gasteiger charge is 2.52. The van der Waals surface area contributed by atoms with Crippen molar-refractivity contribution in [2.24, 2.45) is 17.3 Å². The lowest BCUT2D eigenvalue weighted by Gasteiger charge is -2.36. The Hall–Kier alpha value is -2.40. The van der Waals surface area contributed by atoms with Crippen molar-refractivity contribution >= 4 is 34.2 Å². The van der Waals surface area contributed by atoms with Crippen molar-refractivity contribution in [3.63, 3.8) is 0 Å². The van der Waals surface area contributed by atoms with Crippen LogP contribution >= 0.6 is 11.3 Å². The topological polar surface area (TPSA) is 102 Å². The maximum absolute atomic E-state index is 13.0. The summed E-state index contributed by atoms with van der Waals surface area (Å²) in [6, 6.07) is 1.77. The summed E-state index contributed by atoms with van der Waals surface area (Å²) in [7, 11) is 0. The van der Waals surface area contributed by atoms with E-state index in [1.165, 1.54) is 16.2 Å². The van der Waals surface area contributed by atoms with E-state index in [1.54, 1.807) is 0 Å². The maximum atomic E-state index is 13.0. The van der Waals surface area contributed by atoms with Gasteiger partial charge in [-0.1, -0.05) is 34.1 Å². The molecule has 1 aromatic heterocycles. The Morgan fingerprint density at radius 2 is 2.00 bits per heavy atom. The highest BCUT2D eigenvalue weighted by Crippen LogP contribution is 2.45. The summed E-state index contributed by atoms with van der Waals surface area (Å²) in [4.78, 5) is 40.6. The van der Waals surface area contributed by atoms with Crippen LogP contribution in [0.2, 0.25) is 0 Å². The van der Waals surface area contributed by atoms with Gasteiger partial charge in [-0.05, 0) is 67.8 Å². The lowest BCUT2D eigenvalue weighted by atomic mass is 9.69. The minimum absolute atomic E-state index is 0.230. The smallest absolute Gasteiger partial charge is 0.323 e. The number of anilines is 1. The molecule has 0 unspecified atom stereocenters. The summed E-state index contributed by atoms with van der Waals surface area (Å²) in [5, 5.41) is 16.0. The Labute approximate surface area is 199 Å². The van der Waals surface area contributed by atoms with Gasteiger partial charge in [-0.2, -0.15) is 5.26 Å². The van der Waals surface area contributed by atoms with Gasteiger partial charge in [0.1, 0.15) is 23.2 Å². The van der Waals surface area contributed by atoms with Gasteiger partial charge in [0.15, 0.2) is 0 Å². The second kappa shape index (κ2) is 8.75. The molecule has 33 heavy (non-hydrogen) atoms. The standard InChI is InChI=1S/C25H34N4O3S/c1-5-24(3,4)16-6-7-17-18(13-26)21(33-19(17)12-16)27-20(30)14-29-22(31)25(28-23(29)32)10-8-15(2)9-11-25/h15-16H,5-12,14H2,1-4H3,(H,27,30)(H,28,32)/t15?,16-,25?/m1/s1. The normalized spacial score (nSPS) is 27.3. The summed E-state index contributed by atoms with van der Waals surface area (Å²) >= 11 is 1.47. The van der Waals surface area contributed by atoms with Gasteiger partial charge in [0.2, 0.25) is 5.91 Å². The largest absolute Gasteiger partial charge is 0.325 e. The predicted octanol–water partition coefficient (Wildman–Crippen LogP) is 4.60. The number of hydrogen-bond donors (Lipinski definition) is 2. The fourth-order valence-electron chi connectivity index (χ4n) is 5.47. The Kier molecular flexibility index (Phi) is 6.30. The first-order chi connectivity index (χ1) is 15.6. The van der Waals surface area contributed by atoms with E-state index in [0.717, 1.165) is 49.0 Å². The van der Waals surface area contributed by atoms with Crippen LogP contribution in [0.15, 0.2) is 0 Å². The quantitative estimate of drug-likeness (QED) is 0.614. The number of rotatable bonds is 5. The Bertz CT molecular complexity index is 1010. The third-order valence-electron chi connectivity index (χ3n) is 8.32. The van der Waals surface area contributed by atoms with Crippen LogP contribution in [0.5, 0.6) is 0 Å². The second-order valence-electron chi connectivity index (χ2n) is 10.7. The molecule has 0 aromatic carbocycles. The predicted molar refractivity (Wildman–Crippen MR) is 128 cm³/mol. The molecule has 7 nitrogen and oxygen atoms in total. The van der Waals surface area contributed by atoms with Crippen LogP contribution < -0.4 is 10.6 Å². The highest BCUT2D eigenvalue weighted by molar-refractivity contribution is 7.16. The monoisotopic (exact) mass is 470 g/mol. The van der Waals surface area contributed by atoms with E-state index < -0.39 is 17.5 Å². The summed E-state index contributed by atoms with van der Waals surface area (Å²) in [5.74, 6) is 0.337. The lowest BCUT2D eigenvalue weighted by Crippen LogP contribution is -2.49. The molecule has 8 heteroatoms. The van der Waals surface area contributed by atoms with Crippen molar-refractivity contribution in [3.8, 4) is 6.07 Å².